The van der Waals surface area contributed by atoms with Crippen molar-refractivity contribution < 1.29 is 5.11 Å². The van der Waals surface area contributed by atoms with Crippen molar-refractivity contribution in [1.29, 1.82) is 0 Å². The molecule has 4 nitrogen and oxygen atoms in total. The number of aromatic nitrogens is 1. The van der Waals surface area contributed by atoms with Gasteiger partial charge in [0.05, 0.1) is 30.4 Å². The first-order valence-electron chi connectivity index (χ1n) is 5.35. The van der Waals surface area contributed by atoms with Crippen LogP contribution in [-0.2, 0) is 0 Å². The van der Waals surface area contributed by atoms with Crippen LogP contribution in [0.15, 0.2) is 18.5 Å². The van der Waals surface area contributed by atoms with E-state index < -0.39 is 0 Å². The SMILES string of the molecule is CNc1cncc(N(CCO)C2CC2)c1. The third kappa shape index (κ3) is 2.39. The largest absolute Gasteiger partial charge is 0.395 e. The maximum absolute atomic E-state index is 9.02. The minimum Gasteiger partial charge on any atom is -0.395 e. The van der Waals surface area contributed by atoms with E-state index >= 15 is 0 Å². The second kappa shape index (κ2) is 4.49. The molecule has 2 rings (SSSR count). The van der Waals surface area contributed by atoms with E-state index in [1.807, 2.05) is 13.2 Å². The van der Waals surface area contributed by atoms with E-state index in [4.69, 9.17) is 5.11 Å². The van der Waals surface area contributed by atoms with Crippen LogP contribution in [0.2, 0.25) is 0 Å². The van der Waals surface area contributed by atoms with Gasteiger partial charge in [0.1, 0.15) is 0 Å². The Kier molecular flexibility index (Phi) is 3.06. The van der Waals surface area contributed by atoms with E-state index in [9.17, 15) is 0 Å². The van der Waals surface area contributed by atoms with Crippen LogP contribution in [0.1, 0.15) is 12.8 Å². The van der Waals surface area contributed by atoms with Gasteiger partial charge in [-0.1, -0.05) is 0 Å². The highest BCUT2D eigenvalue weighted by molar-refractivity contribution is 5.56. The van der Waals surface area contributed by atoms with Gasteiger partial charge in [0.15, 0.2) is 0 Å². The summed E-state index contributed by atoms with van der Waals surface area (Å²) < 4.78 is 0. The van der Waals surface area contributed by atoms with Crippen LogP contribution in [0.25, 0.3) is 0 Å². The second-order valence-corrected chi connectivity index (χ2v) is 3.83. The molecule has 0 atom stereocenters. The predicted octanol–water partition coefficient (Wildman–Crippen LogP) is 1.08. The first-order valence-corrected chi connectivity index (χ1v) is 5.35. The Morgan fingerprint density at radius 2 is 2.33 bits per heavy atom. The van der Waals surface area contributed by atoms with Crippen LogP contribution in [-0.4, -0.2) is 36.3 Å². The molecular formula is C11H17N3O. The Morgan fingerprint density at radius 3 is 2.93 bits per heavy atom. The van der Waals surface area contributed by atoms with E-state index in [0.717, 1.165) is 11.4 Å². The van der Waals surface area contributed by atoms with Gasteiger partial charge in [0.2, 0.25) is 0 Å². The Hall–Kier alpha value is -1.29. The lowest BCUT2D eigenvalue weighted by Crippen LogP contribution is -2.28. The average molecular weight is 207 g/mol. The molecule has 0 radical (unpaired) electrons. The Balaban J connectivity index is 2.16. The topological polar surface area (TPSA) is 48.4 Å². The van der Waals surface area contributed by atoms with Crippen LogP contribution < -0.4 is 10.2 Å². The smallest absolute Gasteiger partial charge is 0.0606 e. The number of hydrogen-bond acceptors (Lipinski definition) is 4. The zero-order chi connectivity index (χ0) is 10.7. The van der Waals surface area contributed by atoms with E-state index in [1.54, 1.807) is 6.20 Å². The number of pyridine rings is 1. The fraction of sp³-hybridized carbons (Fsp3) is 0.545. The highest BCUT2D eigenvalue weighted by atomic mass is 16.3. The van der Waals surface area contributed by atoms with Gasteiger partial charge < -0.3 is 15.3 Å². The normalized spacial score (nSPS) is 15.1. The molecule has 0 aliphatic heterocycles. The molecular weight excluding hydrogens is 190 g/mol. The van der Waals surface area contributed by atoms with Crippen molar-refractivity contribution in [3.05, 3.63) is 18.5 Å². The highest BCUT2D eigenvalue weighted by Gasteiger charge is 2.28. The highest BCUT2D eigenvalue weighted by Crippen LogP contribution is 2.31. The zero-order valence-electron chi connectivity index (χ0n) is 8.98. The molecule has 0 saturated heterocycles. The molecule has 1 heterocycles. The number of hydrogen-bond donors (Lipinski definition) is 2. The summed E-state index contributed by atoms with van der Waals surface area (Å²) in [5.74, 6) is 0. The average Bonchev–Trinajstić information content (AvgIpc) is 3.10. The first-order chi connectivity index (χ1) is 7.35. The summed E-state index contributed by atoms with van der Waals surface area (Å²) in [6.07, 6.45) is 6.11. The van der Waals surface area contributed by atoms with Crippen molar-refractivity contribution >= 4 is 11.4 Å². The number of aliphatic hydroxyl groups excluding tert-OH is 1. The molecule has 1 aliphatic carbocycles. The Labute approximate surface area is 89.9 Å². The quantitative estimate of drug-likeness (QED) is 0.758. The number of rotatable bonds is 5. The molecule has 1 aromatic rings. The van der Waals surface area contributed by atoms with Crippen LogP contribution in [0.4, 0.5) is 11.4 Å². The predicted molar refractivity (Wildman–Crippen MR) is 61.2 cm³/mol. The van der Waals surface area contributed by atoms with E-state index in [-0.39, 0.29) is 6.61 Å². The summed E-state index contributed by atoms with van der Waals surface area (Å²) in [5.41, 5.74) is 2.11. The van der Waals surface area contributed by atoms with Crippen molar-refractivity contribution in [3.8, 4) is 0 Å². The molecule has 0 aromatic carbocycles. The Bertz CT molecular complexity index is 325. The summed E-state index contributed by atoms with van der Waals surface area (Å²) in [6.45, 7) is 0.889. The van der Waals surface area contributed by atoms with Crippen molar-refractivity contribution in [2.45, 2.75) is 18.9 Å². The number of nitrogens with one attached hydrogen (secondary N) is 1. The van der Waals surface area contributed by atoms with Gasteiger partial charge in [-0.05, 0) is 18.9 Å². The fourth-order valence-electron chi connectivity index (χ4n) is 1.74. The molecule has 1 aliphatic rings. The summed E-state index contributed by atoms with van der Waals surface area (Å²) in [4.78, 5) is 6.41. The lowest BCUT2D eigenvalue weighted by molar-refractivity contribution is 0.301. The van der Waals surface area contributed by atoms with Crippen LogP contribution in [0.5, 0.6) is 0 Å². The summed E-state index contributed by atoms with van der Waals surface area (Å²) >= 11 is 0. The van der Waals surface area contributed by atoms with E-state index in [2.05, 4.69) is 21.3 Å². The van der Waals surface area contributed by atoms with Crippen LogP contribution in [0, 0.1) is 0 Å². The minimum atomic E-state index is 0.195. The molecule has 1 saturated carbocycles. The molecule has 82 valence electrons. The third-order valence-electron chi connectivity index (χ3n) is 2.67. The molecule has 0 spiro atoms. The van der Waals surface area contributed by atoms with Gasteiger partial charge in [-0.3, -0.25) is 4.98 Å². The fourth-order valence-corrected chi connectivity index (χ4v) is 1.74. The molecule has 0 bridgehead atoms. The number of nitrogens with zero attached hydrogens (tertiary/aromatic N) is 2. The van der Waals surface area contributed by atoms with Crippen LogP contribution >= 0.6 is 0 Å². The standard InChI is InChI=1S/C11H17N3O/c1-12-9-6-11(8-13-7-9)14(4-5-15)10-2-3-10/h6-8,10,12,15H,2-5H2,1H3. The van der Waals surface area contributed by atoms with E-state index in [0.29, 0.717) is 12.6 Å². The van der Waals surface area contributed by atoms with Crippen molar-refractivity contribution in [2.24, 2.45) is 0 Å². The maximum Gasteiger partial charge on any atom is 0.0606 e. The van der Waals surface area contributed by atoms with Crippen LogP contribution in [0.3, 0.4) is 0 Å². The zero-order valence-corrected chi connectivity index (χ0v) is 8.98. The second-order valence-electron chi connectivity index (χ2n) is 3.83. The van der Waals surface area contributed by atoms with Crippen molar-refractivity contribution in [2.75, 3.05) is 30.4 Å². The van der Waals surface area contributed by atoms with Gasteiger partial charge in [-0.2, -0.15) is 0 Å². The third-order valence-corrected chi connectivity index (χ3v) is 2.67. The molecule has 15 heavy (non-hydrogen) atoms. The molecule has 4 heteroatoms. The van der Waals surface area contributed by atoms with Gasteiger partial charge in [0, 0.05) is 19.6 Å². The van der Waals surface area contributed by atoms with Gasteiger partial charge in [-0.15, -0.1) is 0 Å². The van der Waals surface area contributed by atoms with E-state index in [1.165, 1.54) is 12.8 Å². The molecule has 0 unspecified atom stereocenters. The number of anilines is 2. The molecule has 1 aromatic heterocycles. The molecule has 2 N–H and O–H groups in total. The Morgan fingerprint density at radius 1 is 1.53 bits per heavy atom. The summed E-state index contributed by atoms with van der Waals surface area (Å²) in [6, 6.07) is 2.67. The first kappa shape index (κ1) is 10.2. The van der Waals surface area contributed by atoms with Gasteiger partial charge >= 0.3 is 0 Å². The number of aliphatic hydroxyl groups is 1. The summed E-state index contributed by atoms with van der Waals surface area (Å²) in [5, 5.41) is 12.1. The lowest BCUT2D eigenvalue weighted by Gasteiger charge is -2.23. The molecule has 0 amide bonds. The molecule has 1 fully saturated rings. The summed E-state index contributed by atoms with van der Waals surface area (Å²) in [7, 11) is 1.88. The minimum absolute atomic E-state index is 0.195. The monoisotopic (exact) mass is 207 g/mol. The van der Waals surface area contributed by atoms with Crippen molar-refractivity contribution in [3.63, 3.8) is 0 Å². The van der Waals surface area contributed by atoms with Gasteiger partial charge in [-0.25, -0.2) is 0 Å². The lowest BCUT2D eigenvalue weighted by atomic mass is 10.3. The van der Waals surface area contributed by atoms with Crippen molar-refractivity contribution in [1.82, 2.24) is 4.98 Å². The van der Waals surface area contributed by atoms with Gasteiger partial charge in [0.25, 0.3) is 0 Å². The maximum atomic E-state index is 9.02.